The third-order valence-corrected chi connectivity index (χ3v) is 3.28. The lowest BCUT2D eigenvalue weighted by Gasteiger charge is -2.34. The number of rotatable bonds is 4. The molecule has 3 nitrogen and oxygen atoms in total. The molecule has 0 saturated carbocycles. The number of hydrogen-bond acceptors (Lipinski definition) is 3. The van der Waals surface area contributed by atoms with Crippen molar-refractivity contribution >= 4 is 0 Å². The van der Waals surface area contributed by atoms with E-state index in [0.717, 1.165) is 38.5 Å². The van der Waals surface area contributed by atoms with E-state index < -0.39 is 0 Å². The van der Waals surface area contributed by atoms with Crippen LogP contribution in [-0.4, -0.2) is 37.2 Å². The SMILES string of the molecule is CCOc1ccccc1CN1CCNC[C@@H]1C. The Hall–Kier alpha value is -1.06. The fourth-order valence-corrected chi connectivity index (χ4v) is 2.27. The molecule has 1 heterocycles. The molecular formula is C14H22N2O. The second kappa shape index (κ2) is 6.03. The Balaban J connectivity index is 2.06. The number of piperazine rings is 1. The molecule has 0 amide bonds. The van der Waals surface area contributed by atoms with Gasteiger partial charge in [-0.1, -0.05) is 18.2 Å². The molecule has 1 aromatic carbocycles. The summed E-state index contributed by atoms with van der Waals surface area (Å²) in [6, 6.07) is 8.95. The Bertz CT molecular complexity index is 354. The summed E-state index contributed by atoms with van der Waals surface area (Å²) in [7, 11) is 0. The monoisotopic (exact) mass is 234 g/mol. The lowest BCUT2D eigenvalue weighted by Crippen LogP contribution is -2.49. The molecule has 0 aromatic heterocycles. The van der Waals surface area contributed by atoms with Crippen molar-refractivity contribution in [2.75, 3.05) is 26.2 Å². The number of nitrogens with zero attached hydrogens (tertiary/aromatic N) is 1. The molecule has 94 valence electrons. The van der Waals surface area contributed by atoms with Crippen molar-refractivity contribution in [1.82, 2.24) is 10.2 Å². The quantitative estimate of drug-likeness (QED) is 0.861. The number of nitrogens with one attached hydrogen (secondary N) is 1. The van der Waals surface area contributed by atoms with Gasteiger partial charge in [0, 0.05) is 37.8 Å². The highest BCUT2D eigenvalue weighted by Crippen LogP contribution is 2.21. The predicted molar refractivity (Wildman–Crippen MR) is 70.4 cm³/mol. The van der Waals surface area contributed by atoms with Crippen LogP contribution < -0.4 is 10.1 Å². The van der Waals surface area contributed by atoms with Gasteiger partial charge in [0.1, 0.15) is 5.75 Å². The topological polar surface area (TPSA) is 24.5 Å². The normalized spacial score (nSPS) is 21.4. The van der Waals surface area contributed by atoms with Crippen molar-refractivity contribution in [3.8, 4) is 5.75 Å². The number of ether oxygens (including phenoxy) is 1. The van der Waals surface area contributed by atoms with E-state index in [4.69, 9.17) is 4.74 Å². The number of para-hydroxylation sites is 1. The highest BCUT2D eigenvalue weighted by molar-refractivity contribution is 5.33. The fraction of sp³-hybridized carbons (Fsp3) is 0.571. The van der Waals surface area contributed by atoms with Crippen LogP contribution in [0.15, 0.2) is 24.3 Å². The van der Waals surface area contributed by atoms with Crippen molar-refractivity contribution in [3.63, 3.8) is 0 Å². The van der Waals surface area contributed by atoms with Gasteiger partial charge < -0.3 is 10.1 Å². The molecule has 1 fully saturated rings. The first-order valence-electron chi connectivity index (χ1n) is 6.46. The minimum atomic E-state index is 0.596. The lowest BCUT2D eigenvalue weighted by atomic mass is 10.1. The first-order valence-corrected chi connectivity index (χ1v) is 6.46. The third kappa shape index (κ3) is 3.20. The van der Waals surface area contributed by atoms with E-state index >= 15 is 0 Å². The molecule has 2 rings (SSSR count). The zero-order valence-corrected chi connectivity index (χ0v) is 10.8. The lowest BCUT2D eigenvalue weighted by molar-refractivity contribution is 0.163. The van der Waals surface area contributed by atoms with Gasteiger partial charge in [0.05, 0.1) is 6.61 Å². The van der Waals surface area contributed by atoms with Gasteiger partial charge in [0.25, 0.3) is 0 Å². The maximum absolute atomic E-state index is 5.67. The third-order valence-electron chi connectivity index (χ3n) is 3.28. The molecular weight excluding hydrogens is 212 g/mol. The summed E-state index contributed by atoms with van der Waals surface area (Å²) in [4.78, 5) is 2.51. The summed E-state index contributed by atoms with van der Waals surface area (Å²) in [5.74, 6) is 1.03. The van der Waals surface area contributed by atoms with Crippen molar-refractivity contribution in [1.29, 1.82) is 0 Å². The molecule has 0 spiro atoms. The van der Waals surface area contributed by atoms with Crippen LogP contribution in [0.25, 0.3) is 0 Å². The zero-order valence-electron chi connectivity index (χ0n) is 10.8. The minimum Gasteiger partial charge on any atom is -0.494 e. The summed E-state index contributed by atoms with van der Waals surface area (Å²) in [5, 5.41) is 3.42. The van der Waals surface area contributed by atoms with E-state index in [1.807, 2.05) is 13.0 Å². The summed E-state index contributed by atoms with van der Waals surface area (Å²) >= 11 is 0. The first kappa shape index (κ1) is 12.4. The second-order valence-corrected chi connectivity index (χ2v) is 4.56. The van der Waals surface area contributed by atoms with Crippen LogP contribution in [-0.2, 0) is 6.54 Å². The summed E-state index contributed by atoms with van der Waals surface area (Å²) in [6.07, 6.45) is 0. The molecule has 1 aliphatic heterocycles. The maximum atomic E-state index is 5.67. The molecule has 1 N–H and O–H groups in total. The Morgan fingerprint density at radius 2 is 2.24 bits per heavy atom. The first-order chi connectivity index (χ1) is 8.31. The highest BCUT2D eigenvalue weighted by atomic mass is 16.5. The number of benzene rings is 1. The van der Waals surface area contributed by atoms with Gasteiger partial charge in [-0.05, 0) is 19.9 Å². The van der Waals surface area contributed by atoms with Crippen molar-refractivity contribution in [2.24, 2.45) is 0 Å². The Labute approximate surface area is 104 Å². The average Bonchev–Trinajstić information content (AvgIpc) is 2.35. The molecule has 0 bridgehead atoms. The van der Waals surface area contributed by atoms with Crippen LogP contribution in [0.1, 0.15) is 19.4 Å². The summed E-state index contributed by atoms with van der Waals surface area (Å²) < 4.78 is 5.67. The molecule has 0 aliphatic carbocycles. The van der Waals surface area contributed by atoms with Gasteiger partial charge in [0.2, 0.25) is 0 Å². The summed E-state index contributed by atoms with van der Waals surface area (Å²) in [6.45, 7) is 9.30. The molecule has 1 aliphatic rings. The Morgan fingerprint density at radius 3 is 3.00 bits per heavy atom. The standard InChI is InChI=1S/C14H22N2O/c1-3-17-14-7-5-4-6-13(14)11-16-9-8-15-10-12(16)2/h4-7,12,15H,3,8-11H2,1-2H3/t12-/m0/s1. The molecule has 0 unspecified atom stereocenters. The van der Waals surface area contributed by atoms with Crippen LogP contribution in [0.5, 0.6) is 5.75 Å². The largest absolute Gasteiger partial charge is 0.494 e. The smallest absolute Gasteiger partial charge is 0.123 e. The van der Waals surface area contributed by atoms with Gasteiger partial charge in [0.15, 0.2) is 0 Å². The van der Waals surface area contributed by atoms with Crippen molar-refractivity contribution < 1.29 is 4.74 Å². The van der Waals surface area contributed by atoms with E-state index in [2.05, 4.69) is 35.3 Å². The van der Waals surface area contributed by atoms with Gasteiger partial charge in [-0.2, -0.15) is 0 Å². The molecule has 1 saturated heterocycles. The molecule has 3 heteroatoms. The van der Waals surface area contributed by atoms with Crippen LogP contribution in [0.2, 0.25) is 0 Å². The van der Waals surface area contributed by atoms with Crippen LogP contribution in [0.3, 0.4) is 0 Å². The van der Waals surface area contributed by atoms with E-state index in [-0.39, 0.29) is 0 Å². The maximum Gasteiger partial charge on any atom is 0.123 e. The van der Waals surface area contributed by atoms with Gasteiger partial charge in [-0.3, -0.25) is 4.90 Å². The average molecular weight is 234 g/mol. The van der Waals surface area contributed by atoms with E-state index in [1.54, 1.807) is 0 Å². The van der Waals surface area contributed by atoms with Crippen molar-refractivity contribution in [2.45, 2.75) is 26.4 Å². The minimum absolute atomic E-state index is 0.596. The second-order valence-electron chi connectivity index (χ2n) is 4.56. The van der Waals surface area contributed by atoms with Gasteiger partial charge in [-0.25, -0.2) is 0 Å². The highest BCUT2D eigenvalue weighted by Gasteiger charge is 2.18. The number of hydrogen-bond donors (Lipinski definition) is 1. The Kier molecular flexibility index (Phi) is 4.40. The summed E-state index contributed by atoms with van der Waals surface area (Å²) in [5.41, 5.74) is 1.29. The van der Waals surface area contributed by atoms with Gasteiger partial charge >= 0.3 is 0 Å². The van der Waals surface area contributed by atoms with Crippen LogP contribution >= 0.6 is 0 Å². The van der Waals surface area contributed by atoms with E-state index in [0.29, 0.717) is 6.04 Å². The van der Waals surface area contributed by atoms with E-state index in [9.17, 15) is 0 Å². The fourth-order valence-electron chi connectivity index (χ4n) is 2.27. The molecule has 17 heavy (non-hydrogen) atoms. The van der Waals surface area contributed by atoms with Crippen molar-refractivity contribution in [3.05, 3.63) is 29.8 Å². The molecule has 0 radical (unpaired) electrons. The molecule has 1 aromatic rings. The zero-order chi connectivity index (χ0) is 12.1. The Morgan fingerprint density at radius 1 is 1.41 bits per heavy atom. The predicted octanol–water partition coefficient (Wildman–Crippen LogP) is 1.88. The molecule has 1 atom stereocenters. The van der Waals surface area contributed by atoms with Gasteiger partial charge in [-0.15, -0.1) is 0 Å². The van der Waals surface area contributed by atoms with E-state index in [1.165, 1.54) is 5.56 Å². The van der Waals surface area contributed by atoms with Crippen LogP contribution in [0, 0.1) is 0 Å². The van der Waals surface area contributed by atoms with Crippen LogP contribution in [0.4, 0.5) is 0 Å².